The van der Waals surface area contributed by atoms with Crippen LogP contribution in [0.25, 0.3) is 22.2 Å². The van der Waals surface area contributed by atoms with Crippen LogP contribution in [-0.2, 0) is 0 Å². The average Bonchev–Trinajstić information content (AvgIpc) is 2.67. The molecule has 134 valence electrons. The SMILES string of the molecule is COc1ccccc1-c1ccnc2nc(N3CCCCC3C)[nH]c(=O)c12. The van der Waals surface area contributed by atoms with E-state index in [2.05, 4.69) is 26.8 Å². The van der Waals surface area contributed by atoms with Crippen molar-refractivity contribution in [3.8, 4) is 16.9 Å². The smallest absolute Gasteiger partial charge is 0.262 e. The Morgan fingerprint density at radius 3 is 2.85 bits per heavy atom. The van der Waals surface area contributed by atoms with Gasteiger partial charge in [0.05, 0.1) is 12.5 Å². The van der Waals surface area contributed by atoms with Gasteiger partial charge in [0, 0.05) is 29.9 Å². The maximum atomic E-state index is 12.9. The lowest BCUT2D eigenvalue weighted by Gasteiger charge is -2.33. The van der Waals surface area contributed by atoms with Crippen LogP contribution in [-0.4, -0.2) is 34.6 Å². The number of H-pyrrole nitrogens is 1. The van der Waals surface area contributed by atoms with E-state index >= 15 is 0 Å². The van der Waals surface area contributed by atoms with Crippen LogP contribution < -0.4 is 15.2 Å². The highest BCUT2D eigenvalue weighted by atomic mass is 16.5. The van der Waals surface area contributed by atoms with E-state index in [1.54, 1.807) is 13.3 Å². The second-order valence-corrected chi connectivity index (χ2v) is 6.69. The Morgan fingerprint density at radius 1 is 1.19 bits per heavy atom. The molecule has 0 radical (unpaired) electrons. The van der Waals surface area contributed by atoms with Gasteiger partial charge in [-0.3, -0.25) is 9.78 Å². The number of ether oxygens (including phenoxy) is 1. The predicted octanol–water partition coefficient (Wildman–Crippen LogP) is 3.37. The molecule has 1 saturated heterocycles. The minimum Gasteiger partial charge on any atom is -0.496 e. The fourth-order valence-corrected chi connectivity index (χ4v) is 3.69. The zero-order valence-electron chi connectivity index (χ0n) is 15.0. The quantitative estimate of drug-likeness (QED) is 0.784. The number of fused-ring (bicyclic) bond motifs is 1. The summed E-state index contributed by atoms with van der Waals surface area (Å²) in [5.74, 6) is 1.33. The molecule has 0 bridgehead atoms. The number of aromatic nitrogens is 3. The van der Waals surface area contributed by atoms with Crippen molar-refractivity contribution in [2.75, 3.05) is 18.6 Å². The molecule has 6 heteroatoms. The molecule has 1 aromatic carbocycles. The van der Waals surface area contributed by atoms with Crippen LogP contribution in [0.5, 0.6) is 5.75 Å². The second-order valence-electron chi connectivity index (χ2n) is 6.69. The summed E-state index contributed by atoms with van der Waals surface area (Å²) in [6, 6.07) is 9.85. The summed E-state index contributed by atoms with van der Waals surface area (Å²) in [4.78, 5) is 27.1. The maximum Gasteiger partial charge on any atom is 0.262 e. The normalized spacial score (nSPS) is 17.5. The molecule has 3 heterocycles. The van der Waals surface area contributed by atoms with Crippen LogP contribution in [0.4, 0.5) is 5.95 Å². The van der Waals surface area contributed by atoms with Crippen molar-refractivity contribution < 1.29 is 4.74 Å². The molecule has 1 aliphatic heterocycles. The van der Waals surface area contributed by atoms with E-state index < -0.39 is 0 Å². The van der Waals surface area contributed by atoms with Crippen LogP contribution in [0.1, 0.15) is 26.2 Å². The molecule has 3 aromatic rings. The highest BCUT2D eigenvalue weighted by Gasteiger charge is 2.22. The van der Waals surface area contributed by atoms with Crippen molar-refractivity contribution in [2.45, 2.75) is 32.2 Å². The minimum absolute atomic E-state index is 0.170. The van der Waals surface area contributed by atoms with Crippen molar-refractivity contribution in [3.05, 3.63) is 46.9 Å². The van der Waals surface area contributed by atoms with E-state index in [0.717, 1.165) is 30.5 Å². The molecule has 0 spiro atoms. The topological polar surface area (TPSA) is 71.1 Å². The van der Waals surface area contributed by atoms with Crippen LogP contribution in [0.2, 0.25) is 0 Å². The Morgan fingerprint density at radius 2 is 2.04 bits per heavy atom. The number of benzene rings is 1. The zero-order valence-corrected chi connectivity index (χ0v) is 15.0. The second kappa shape index (κ2) is 6.78. The zero-order chi connectivity index (χ0) is 18.1. The number of hydrogen-bond donors (Lipinski definition) is 1. The number of nitrogens with zero attached hydrogens (tertiary/aromatic N) is 3. The van der Waals surface area contributed by atoms with Gasteiger partial charge in [-0.1, -0.05) is 18.2 Å². The van der Waals surface area contributed by atoms with Gasteiger partial charge in [-0.15, -0.1) is 0 Å². The molecule has 1 aliphatic rings. The van der Waals surface area contributed by atoms with Crippen LogP contribution >= 0.6 is 0 Å². The summed E-state index contributed by atoms with van der Waals surface area (Å²) >= 11 is 0. The number of pyridine rings is 1. The predicted molar refractivity (Wildman–Crippen MR) is 103 cm³/mol. The molecule has 0 saturated carbocycles. The lowest BCUT2D eigenvalue weighted by molar-refractivity contribution is 0.416. The first kappa shape index (κ1) is 16.6. The maximum absolute atomic E-state index is 12.9. The summed E-state index contributed by atoms with van der Waals surface area (Å²) in [6.07, 6.45) is 5.13. The van der Waals surface area contributed by atoms with Crippen LogP contribution in [0.15, 0.2) is 41.3 Å². The minimum atomic E-state index is -0.170. The molecule has 0 aliphatic carbocycles. The monoisotopic (exact) mass is 350 g/mol. The van der Waals surface area contributed by atoms with E-state index in [9.17, 15) is 4.79 Å². The van der Waals surface area contributed by atoms with Crippen LogP contribution in [0.3, 0.4) is 0 Å². The fraction of sp³-hybridized carbons (Fsp3) is 0.350. The number of para-hydroxylation sites is 1. The Labute approximate surface area is 151 Å². The first-order chi connectivity index (χ1) is 12.7. The lowest BCUT2D eigenvalue weighted by Crippen LogP contribution is -2.39. The third-order valence-electron chi connectivity index (χ3n) is 5.07. The molecule has 1 atom stereocenters. The Bertz CT molecular complexity index is 999. The summed E-state index contributed by atoms with van der Waals surface area (Å²) in [5.41, 5.74) is 1.93. The van der Waals surface area contributed by atoms with E-state index in [1.807, 2.05) is 30.3 Å². The number of methoxy groups -OCH3 is 1. The van der Waals surface area contributed by atoms with Crippen molar-refractivity contribution >= 4 is 17.0 Å². The van der Waals surface area contributed by atoms with Gasteiger partial charge in [-0.2, -0.15) is 4.98 Å². The van der Waals surface area contributed by atoms with Gasteiger partial charge in [0.25, 0.3) is 5.56 Å². The number of piperidine rings is 1. The van der Waals surface area contributed by atoms with Crippen molar-refractivity contribution in [1.29, 1.82) is 0 Å². The number of nitrogens with one attached hydrogen (secondary N) is 1. The van der Waals surface area contributed by atoms with E-state index in [0.29, 0.717) is 28.8 Å². The van der Waals surface area contributed by atoms with Gasteiger partial charge in [-0.05, 0) is 38.3 Å². The third-order valence-corrected chi connectivity index (χ3v) is 5.07. The largest absolute Gasteiger partial charge is 0.496 e. The number of aromatic amines is 1. The van der Waals surface area contributed by atoms with Crippen LogP contribution in [0, 0.1) is 0 Å². The third kappa shape index (κ3) is 2.81. The van der Waals surface area contributed by atoms with Crippen molar-refractivity contribution in [3.63, 3.8) is 0 Å². The molecule has 1 fully saturated rings. The number of rotatable bonds is 3. The summed E-state index contributed by atoms with van der Waals surface area (Å²) in [7, 11) is 1.63. The van der Waals surface area contributed by atoms with Gasteiger partial charge in [0.15, 0.2) is 5.65 Å². The summed E-state index contributed by atoms with van der Waals surface area (Å²) in [6.45, 7) is 3.07. The Kier molecular flexibility index (Phi) is 4.32. The molecule has 4 rings (SSSR count). The van der Waals surface area contributed by atoms with Gasteiger partial charge < -0.3 is 9.64 Å². The molecule has 2 aromatic heterocycles. The molecule has 0 amide bonds. The molecule has 1 unspecified atom stereocenters. The lowest BCUT2D eigenvalue weighted by atomic mass is 10.0. The highest BCUT2D eigenvalue weighted by molar-refractivity contribution is 5.93. The van der Waals surface area contributed by atoms with Crippen molar-refractivity contribution in [1.82, 2.24) is 15.0 Å². The Hall–Kier alpha value is -2.89. The highest BCUT2D eigenvalue weighted by Crippen LogP contribution is 2.32. The number of hydrogen-bond acceptors (Lipinski definition) is 5. The standard InChI is InChI=1S/C20H22N4O2/c1-13-7-5-6-12-24(13)20-22-18-17(19(25)23-20)15(10-11-21-18)14-8-3-4-9-16(14)26-2/h3-4,8-11,13H,5-7,12H2,1-2H3,(H,21,22,23,25). The summed E-state index contributed by atoms with van der Waals surface area (Å²) < 4.78 is 5.46. The molecular formula is C20H22N4O2. The van der Waals surface area contributed by atoms with E-state index in [4.69, 9.17) is 4.74 Å². The first-order valence-corrected chi connectivity index (χ1v) is 8.98. The first-order valence-electron chi connectivity index (χ1n) is 8.98. The van der Waals surface area contributed by atoms with Gasteiger partial charge in [0.2, 0.25) is 5.95 Å². The van der Waals surface area contributed by atoms with Gasteiger partial charge >= 0.3 is 0 Å². The fourth-order valence-electron chi connectivity index (χ4n) is 3.69. The van der Waals surface area contributed by atoms with E-state index in [1.165, 1.54) is 6.42 Å². The van der Waals surface area contributed by atoms with Gasteiger partial charge in [-0.25, -0.2) is 4.98 Å². The van der Waals surface area contributed by atoms with Gasteiger partial charge in [0.1, 0.15) is 5.75 Å². The molecular weight excluding hydrogens is 328 g/mol. The molecule has 26 heavy (non-hydrogen) atoms. The Balaban J connectivity index is 1.89. The summed E-state index contributed by atoms with van der Waals surface area (Å²) in [5, 5.41) is 0.491. The number of anilines is 1. The molecule has 1 N–H and O–H groups in total. The molecule has 6 nitrogen and oxygen atoms in total. The average molecular weight is 350 g/mol. The van der Waals surface area contributed by atoms with E-state index in [-0.39, 0.29) is 5.56 Å². The van der Waals surface area contributed by atoms with Crippen molar-refractivity contribution in [2.24, 2.45) is 0 Å².